The number of carbonyl (C=O) groups is 2. The molecule has 1 aromatic carbocycles. The summed E-state index contributed by atoms with van der Waals surface area (Å²) in [6.07, 6.45) is 2.40. The van der Waals surface area contributed by atoms with Crippen LogP contribution in [0.25, 0.3) is 0 Å². The van der Waals surface area contributed by atoms with Gasteiger partial charge >= 0.3 is 0 Å². The number of hydrogen-bond donors (Lipinski definition) is 1. The Kier molecular flexibility index (Phi) is 5.62. The molecule has 0 bridgehead atoms. The highest BCUT2D eigenvalue weighted by molar-refractivity contribution is 6.06. The van der Waals surface area contributed by atoms with Crippen molar-refractivity contribution in [1.82, 2.24) is 14.8 Å². The van der Waals surface area contributed by atoms with Crippen molar-refractivity contribution in [3.63, 3.8) is 0 Å². The first-order valence-electron chi connectivity index (χ1n) is 10.1. The molecule has 3 heterocycles. The lowest BCUT2D eigenvalue weighted by atomic mass is 10.1. The molecule has 0 saturated carbocycles. The van der Waals surface area contributed by atoms with E-state index in [0.717, 1.165) is 27.9 Å². The van der Waals surface area contributed by atoms with Gasteiger partial charge in [0, 0.05) is 30.4 Å². The highest BCUT2D eigenvalue weighted by Crippen LogP contribution is 2.32. The molecule has 1 aliphatic heterocycles. The third-order valence-electron chi connectivity index (χ3n) is 5.33. The van der Waals surface area contributed by atoms with E-state index in [4.69, 9.17) is 0 Å². The Bertz CT molecular complexity index is 1200. The summed E-state index contributed by atoms with van der Waals surface area (Å²) in [5, 5.41) is 6.97. The summed E-state index contributed by atoms with van der Waals surface area (Å²) in [6, 6.07) is 14.2. The Morgan fingerprint density at radius 2 is 1.94 bits per heavy atom. The Labute approximate surface area is 179 Å². The highest BCUT2D eigenvalue weighted by atomic mass is 16.2. The van der Waals surface area contributed by atoms with Gasteiger partial charge in [0.25, 0.3) is 11.5 Å². The van der Waals surface area contributed by atoms with Gasteiger partial charge in [-0.15, -0.1) is 0 Å². The van der Waals surface area contributed by atoms with Crippen molar-refractivity contribution < 1.29 is 9.59 Å². The summed E-state index contributed by atoms with van der Waals surface area (Å²) in [6.45, 7) is 3.89. The van der Waals surface area contributed by atoms with Gasteiger partial charge in [-0.1, -0.05) is 24.3 Å². The molecule has 8 nitrogen and oxygen atoms in total. The molecule has 0 radical (unpaired) electrons. The standard InChI is InChI=1S/C23H23N5O3/c1-15-6-5-12-24-22(15)25-20(29)11-13-27-21(30)10-9-18(26-27)23(31)28-16(2)14-17-7-3-4-8-19(17)28/h3-10,12,16H,11,13-14H2,1-2H3,(H,24,25,29). The first-order chi connectivity index (χ1) is 14.9. The van der Waals surface area contributed by atoms with E-state index >= 15 is 0 Å². The van der Waals surface area contributed by atoms with Crippen LogP contribution in [-0.2, 0) is 17.8 Å². The molecule has 1 N–H and O–H groups in total. The van der Waals surface area contributed by atoms with Crippen molar-refractivity contribution in [2.24, 2.45) is 0 Å². The largest absolute Gasteiger partial charge is 0.310 e. The summed E-state index contributed by atoms with van der Waals surface area (Å²) >= 11 is 0. The van der Waals surface area contributed by atoms with Crippen LogP contribution in [-0.4, -0.2) is 32.6 Å². The minimum atomic E-state index is -0.367. The minimum absolute atomic E-state index is 0.000493. The molecule has 8 heteroatoms. The fourth-order valence-corrected chi connectivity index (χ4v) is 3.74. The number of carbonyl (C=O) groups excluding carboxylic acids is 2. The first-order valence-corrected chi connectivity index (χ1v) is 10.1. The lowest BCUT2D eigenvalue weighted by molar-refractivity contribution is -0.116. The molecule has 1 unspecified atom stereocenters. The summed E-state index contributed by atoms with van der Waals surface area (Å²) in [4.78, 5) is 43.5. The van der Waals surface area contributed by atoms with Crippen LogP contribution >= 0.6 is 0 Å². The Balaban J connectivity index is 1.49. The van der Waals surface area contributed by atoms with E-state index in [1.165, 1.54) is 12.1 Å². The van der Waals surface area contributed by atoms with E-state index in [9.17, 15) is 14.4 Å². The number of fused-ring (bicyclic) bond motifs is 1. The van der Waals surface area contributed by atoms with Gasteiger partial charge in [0.1, 0.15) is 11.5 Å². The van der Waals surface area contributed by atoms with Crippen molar-refractivity contribution >= 4 is 23.3 Å². The van der Waals surface area contributed by atoms with Crippen LogP contribution in [0.1, 0.15) is 35.0 Å². The molecule has 4 rings (SSSR count). The van der Waals surface area contributed by atoms with Crippen LogP contribution in [0.4, 0.5) is 11.5 Å². The predicted octanol–water partition coefficient (Wildman–Crippen LogP) is 2.57. The molecule has 3 aromatic rings. The Morgan fingerprint density at radius 3 is 2.74 bits per heavy atom. The van der Waals surface area contributed by atoms with Crippen molar-refractivity contribution in [2.45, 2.75) is 39.3 Å². The van der Waals surface area contributed by atoms with Gasteiger partial charge in [-0.25, -0.2) is 9.67 Å². The molecule has 1 aliphatic rings. The molecule has 2 amide bonds. The fraction of sp³-hybridized carbons (Fsp3) is 0.261. The van der Waals surface area contributed by atoms with E-state index in [-0.39, 0.29) is 42.1 Å². The number of rotatable bonds is 5. The second-order valence-corrected chi connectivity index (χ2v) is 7.60. The van der Waals surface area contributed by atoms with E-state index in [1.807, 2.05) is 44.2 Å². The quantitative estimate of drug-likeness (QED) is 0.688. The average molecular weight is 417 g/mol. The first kappa shape index (κ1) is 20.5. The lowest BCUT2D eigenvalue weighted by Gasteiger charge is -2.22. The number of aromatic nitrogens is 3. The lowest BCUT2D eigenvalue weighted by Crippen LogP contribution is -2.37. The number of nitrogens with one attached hydrogen (secondary N) is 1. The second kappa shape index (κ2) is 8.51. The van der Waals surface area contributed by atoms with Crippen LogP contribution < -0.4 is 15.8 Å². The molecule has 2 aromatic heterocycles. The zero-order valence-electron chi connectivity index (χ0n) is 17.4. The van der Waals surface area contributed by atoms with Crippen molar-refractivity contribution in [3.05, 3.63) is 81.9 Å². The van der Waals surface area contributed by atoms with E-state index < -0.39 is 0 Å². The smallest absolute Gasteiger partial charge is 0.278 e. The minimum Gasteiger partial charge on any atom is -0.310 e. The third-order valence-corrected chi connectivity index (χ3v) is 5.33. The maximum absolute atomic E-state index is 13.2. The second-order valence-electron chi connectivity index (χ2n) is 7.60. The van der Waals surface area contributed by atoms with Gasteiger partial charge in [-0.2, -0.15) is 5.10 Å². The SMILES string of the molecule is Cc1cccnc1NC(=O)CCn1nc(C(=O)N2c3ccccc3CC2C)ccc1=O. The molecule has 0 saturated heterocycles. The van der Waals surface area contributed by atoms with E-state index in [0.29, 0.717) is 5.82 Å². The van der Waals surface area contributed by atoms with E-state index in [2.05, 4.69) is 15.4 Å². The number of amides is 2. The number of aryl methyl sites for hydroxylation is 2. The summed E-state index contributed by atoms with van der Waals surface area (Å²) < 4.78 is 1.16. The molecular formula is C23H23N5O3. The fourth-order valence-electron chi connectivity index (χ4n) is 3.74. The number of hydrogen-bond acceptors (Lipinski definition) is 5. The van der Waals surface area contributed by atoms with Gasteiger partial charge in [0.05, 0.1) is 6.54 Å². The van der Waals surface area contributed by atoms with Crippen LogP contribution in [0.5, 0.6) is 0 Å². The topological polar surface area (TPSA) is 97.2 Å². The van der Waals surface area contributed by atoms with Crippen LogP contribution in [0.15, 0.2) is 59.5 Å². The average Bonchev–Trinajstić information content (AvgIpc) is 3.10. The maximum Gasteiger partial charge on any atom is 0.278 e. The third kappa shape index (κ3) is 4.23. The monoisotopic (exact) mass is 417 g/mol. The highest BCUT2D eigenvalue weighted by Gasteiger charge is 2.32. The van der Waals surface area contributed by atoms with Gasteiger partial charge in [0.2, 0.25) is 5.91 Å². The van der Waals surface area contributed by atoms with Gasteiger partial charge in [0.15, 0.2) is 0 Å². The molecule has 0 aliphatic carbocycles. The van der Waals surface area contributed by atoms with Crippen LogP contribution in [0.3, 0.4) is 0 Å². The van der Waals surface area contributed by atoms with Gasteiger partial charge in [-0.05, 0) is 49.6 Å². The maximum atomic E-state index is 13.2. The summed E-state index contributed by atoms with van der Waals surface area (Å²) in [7, 11) is 0. The zero-order valence-corrected chi connectivity index (χ0v) is 17.4. The van der Waals surface area contributed by atoms with Crippen molar-refractivity contribution in [3.8, 4) is 0 Å². The zero-order chi connectivity index (χ0) is 22.0. The number of pyridine rings is 1. The molecule has 0 spiro atoms. The Morgan fingerprint density at radius 1 is 1.13 bits per heavy atom. The number of benzene rings is 1. The van der Waals surface area contributed by atoms with Crippen LogP contribution in [0, 0.1) is 6.92 Å². The number of anilines is 2. The molecule has 0 fully saturated rings. The predicted molar refractivity (Wildman–Crippen MR) is 117 cm³/mol. The molecular weight excluding hydrogens is 394 g/mol. The van der Waals surface area contributed by atoms with Crippen molar-refractivity contribution in [1.29, 1.82) is 0 Å². The van der Waals surface area contributed by atoms with Crippen molar-refractivity contribution in [2.75, 3.05) is 10.2 Å². The number of para-hydroxylation sites is 1. The summed E-state index contributed by atoms with van der Waals surface area (Å²) in [5.41, 5.74) is 2.62. The normalized spacial score (nSPS) is 14.9. The summed E-state index contributed by atoms with van der Waals surface area (Å²) in [5.74, 6) is -0.0625. The van der Waals surface area contributed by atoms with Gasteiger partial charge < -0.3 is 10.2 Å². The molecule has 158 valence electrons. The van der Waals surface area contributed by atoms with Gasteiger partial charge in [-0.3, -0.25) is 14.4 Å². The van der Waals surface area contributed by atoms with Crippen LogP contribution in [0.2, 0.25) is 0 Å². The molecule has 31 heavy (non-hydrogen) atoms. The van der Waals surface area contributed by atoms with E-state index in [1.54, 1.807) is 17.2 Å². The number of nitrogens with zero attached hydrogens (tertiary/aromatic N) is 4. The molecule has 1 atom stereocenters. The Hall–Kier alpha value is -3.81.